The second kappa shape index (κ2) is 8.65. The first-order valence-electron chi connectivity index (χ1n) is 9.04. The van der Waals surface area contributed by atoms with Crippen molar-refractivity contribution in [3.63, 3.8) is 0 Å². The number of nitrogens with zero attached hydrogens (tertiary/aromatic N) is 2. The lowest BCUT2D eigenvalue weighted by Crippen LogP contribution is -2.49. The molecule has 1 amide bonds. The molecule has 0 bridgehead atoms. The van der Waals surface area contributed by atoms with Crippen molar-refractivity contribution in [2.24, 2.45) is 0 Å². The molecule has 1 saturated carbocycles. The number of benzene rings is 1. The molecule has 2 aliphatic rings. The van der Waals surface area contributed by atoms with Crippen LogP contribution in [0.15, 0.2) is 24.3 Å². The summed E-state index contributed by atoms with van der Waals surface area (Å²) in [6, 6.07) is 8.17. The third-order valence-corrected chi connectivity index (χ3v) is 6.42. The van der Waals surface area contributed by atoms with Gasteiger partial charge in [0.2, 0.25) is 5.91 Å². The molecule has 0 atom stereocenters. The summed E-state index contributed by atoms with van der Waals surface area (Å²) >= 11 is 1.88. The molecule has 1 heterocycles. The molecule has 1 saturated heterocycles. The van der Waals surface area contributed by atoms with E-state index in [1.165, 1.54) is 37.8 Å². The van der Waals surface area contributed by atoms with Gasteiger partial charge in [0.25, 0.3) is 0 Å². The Labute approximate surface area is 149 Å². The van der Waals surface area contributed by atoms with E-state index in [0.29, 0.717) is 16.9 Å². The quantitative estimate of drug-likeness (QED) is 0.816. The number of amides is 1. The van der Waals surface area contributed by atoms with Crippen LogP contribution >= 0.6 is 11.8 Å². The minimum Gasteiger partial charge on any atom is -0.497 e. The molecule has 1 aromatic carbocycles. The molecule has 1 aliphatic carbocycles. The number of hydrogen-bond donors (Lipinski definition) is 0. The predicted molar refractivity (Wildman–Crippen MR) is 101 cm³/mol. The van der Waals surface area contributed by atoms with Gasteiger partial charge in [-0.2, -0.15) is 0 Å². The Bertz CT molecular complexity index is 521. The van der Waals surface area contributed by atoms with Crippen molar-refractivity contribution in [1.29, 1.82) is 0 Å². The largest absolute Gasteiger partial charge is 0.497 e. The molecular weight excluding hydrogens is 320 g/mol. The maximum absolute atomic E-state index is 12.4. The van der Waals surface area contributed by atoms with E-state index < -0.39 is 0 Å². The van der Waals surface area contributed by atoms with Crippen molar-refractivity contribution in [3.8, 4) is 5.75 Å². The van der Waals surface area contributed by atoms with Crippen LogP contribution in [-0.4, -0.2) is 55.1 Å². The van der Waals surface area contributed by atoms with Gasteiger partial charge in [0, 0.05) is 37.1 Å². The van der Waals surface area contributed by atoms with E-state index in [-0.39, 0.29) is 0 Å². The van der Waals surface area contributed by atoms with Crippen LogP contribution in [-0.2, 0) is 4.79 Å². The standard InChI is InChI=1S/C19H28N2O2S/c1-23-17-9-7-16(8-10-17)20-11-13-21(14-12-20)19(22)15-24-18-5-3-2-4-6-18/h7-10,18H,2-6,11-15H2,1H3. The fraction of sp³-hybridized carbons (Fsp3) is 0.632. The summed E-state index contributed by atoms with van der Waals surface area (Å²) in [6.45, 7) is 3.48. The van der Waals surface area contributed by atoms with Gasteiger partial charge >= 0.3 is 0 Å². The maximum atomic E-state index is 12.4. The van der Waals surface area contributed by atoms with E-state index in [4.69, 9.17) is 4.74 Å². The second-order valence-electron chi connectivity index (χ2n) is 6.64. The van der Waals surface area contributed by atoms with Crippen molar-refractivity contribution in [2.45, 2.75) is 37.4 Å². The van der Waals surface area contributed by atoms with Crippen molar-refractivity contribution in [1.82, 2.24) is 4.90 Å². The molecule has 4 nitrogen and oxygen atoms in total. The molecule has 132 valence electrons. The van der Waals surface area contributed by atoms with Crippen LogP contribution in [0.2, 0.25) is 0 Å². The third kappa shape index (κ3) is 4.59. The van der Waals surface area contributed by atoms with E-state index in [1.807, 2.05) is 28.8 Å². The highest BCUT2D eigenvalue weighted by Crippen LogP contribution is 2.28. The number of methoxy groups -OCH3 is 1. The topological polar surface area (TPSA) is 32.8 Å². The summed E-state index contributed by atoms with van der Waals surface area (Å²) in [6.07, 6.45) is 6.64. The fourth-order valence-electron chi connectivity index (χ4n) is 3.52. The van der Waals surface area contributed by atoms with E-state index >= 15 is 0 Å². The lowest BCUT2D eigenvalue weighted by molar-refractivity contribution is -0.128. The summed E-state index contributed by atoms with van der Waals surface area (Å²) in [5.41, 5.74) is 1.21. The van der Waals surface area contributed by atoms with Gasteiger partial charge in [-0.15, -0.1) is 11.8 Å². The fourth-order valence-corrected chi connectivity index (χ4v) is 4.75. The van der Waals surface area contributed by atoms with Crippen LogP contribution in [0, 0.1) is 0 Å². The van der Waals surface area contributed by atoms with Crippen LogP contribution in [0.25, 0.3) is 0 Å². The van der Waals surface area contributed by atoms with Crippen LogP contribution in [0.4, 0.5) is 5.69 Å². The molecule has 2 fully saturated rings. The average molecular weight is 349 g/mol. The predicted octanol–water partition coefficient (Wildman–Crippen LogP) is 3.41. The van der Waals surface area contributed by atoms with Gasteiger partial charge in [-0.1, -0.05) is 19.3 Å². The van der Waals surface area contributed by atoms with E-state index in [1.54, 1.807) is 7.11 Å². The Morgan fingerprint density at radius 2 is 1.75 bits per heavy atom. The maximum Gasteiger partial charge on any atom is 0.232 e. The molecule has 0 spiro atoms. The monoisotopic (exact) mass is 348 g/mol. The molecular formula is C19H28N2O2S. The summed E-state index contributed by atoms with van der Waals surface area (Å²) < 4.78 is 5.21. The van der Waals surface area contributed by atoms with E-state index in [0.717, 1.165) is 31.9 Å². The highest BCUT2D eigenvalue weighted by Gasteiger charge is 2.22. The van der Waals surface area contributed by atoms with Gasteiger partial charge in [0.1, 0.15) is 5.75 Å². The Morgan fingerprint density at radius 1 is 1.08 bits per heavy atom. The highest BCUT2D eigenvalue weighted by molar-refractivity contribution is 8.00. The number of thioether (sulfide) groups is 1. The Morgan fingerprint density at radius 3 is 2.38 bits per heavy atom. The second-order valence-corrected chi connectivity index (χ2v) is 7.93. The molecule has 1 aliphatic heterocycles. The molecule has 5 heteroatoms. The first kappa shape index (κ1) is 17.5. The Balaban J connectivity index is 1.42. The summed E-state index contributed by atoms with van der Waals surface area (Å²) in [4.78, 5) is 16.8. The summed E-state index contributed by atoms with van der Waals surface area (Å²) in [7, 11) is 1.69. The Kier molecular flexibility index (Phi) is 6.30. The van der Waals surface area contributed by atoms with Crippen LogP contribution in [0.5, 0.6) is 5.75 Å². The summed E-state index contributed by atoms with van der Waals surface area (Å²) in [5, 5.41) is 0.711. The van der Waals surface area contributed by atoms with Crippen molar-refractivity contribution in [3.05, 3.63) is 24.3 Å². The summed E-state index contributed by atoms with van der Waals surface area (Å²) in [5.74, 6) is 1.86. The zero-order chi connectivity index (χ0) is 16.8. The number of anilines is 1. The first-order chi connectivity index (χ1) is 11.8. The van der Waals surface area contributed by atoms with Gasteiger partial charge in [0.05, 0.1) is 12.9 Å². The molecule has 24 heavy (non-hydrogen) atoms. The minimum atomic E-state index is 0.319. The molecule has 3 rings (SSSR count). The Hall–Kier alpha value is -1.36. The molecule has 0 radical (unpaired) electrons. The number of piperazine rings is 1. The zero-order valence-electron chi connectivity index (χ0n) is 14.6. The smallest absolute Gasteiger partial charge is 0.232 e. The highest BCUT2D eigenvalue weighted by atomic mass is 32.2. The molecule has 0 unspecified atom stereocenters. The minimum absolute atomic E-state index is 0.319. The van der Waals surface area contributed by atoms with Crippen LogP contribution < -0.4 is 9.64 Å². The zero-order valence-corrected chi connectivity index (χ0v) is 15.4. The number of rotatable bonds is 5. The van der Waals surface area contributed by atoms with Gasteiger partial charge in [0.15, 0.2) is 0 Å². The average Bonchev–Trinajstić information content (AvgIpc) is 2.67. The van der Waals surface area contributed by atoms with Crippen LogP contribution in [0.1, 0.15) is 32.1 Å². The molecule has 0 aromatic heterocycles. The van der Waals surface area contributed by atoms with Crippen LogP contribution in [0.3, 0.4) is 0 Å². The number of carbonyl (C=O) groups is 1. The van der Waals surface area contributed by atoms with Gasteiger partial charge < -0.3 is 14.5 Å². The van der Waals surface area contributed by atoms with Gasteiger partial charge in [-0.3, -0.25) is 4.79 Å². The van der Waals surface area contributed by atoms with Crippen molar-refractivity contribution in [2.75, 3.05) is 43.9 Å². The van der Waals surface area contributed by atoms with E-state index in [2.05, 4.69) is 17.0 Å². The van der Waals surface area contributed by atoms with Crippen molar-refractivity contribution < 1.29 is 9.53 Å². The molecule has 1 aromatic rings. The first-order valence-corrected chi connectivity index (χ1v) is 10.1. The lowest BCUT2D eigenvalue weighted by atomic mass is 10.0. The van der Waals surface area contributed by atoms with Gasteiger partial charge in [-0.25, -0.2) is 0 Å². The number of hydrogen-bond acceptors (Lipinski definition) is 4. The van der Waals surface area contributed by atoms with Crippen molar-refractivity contribution >= 4 is 23.4 Å². The number of carbonyl (C=O) groups excluding carboxylic acids is 1. The number of ether oxygens (including phenoxy) is 1. The lowest BCUT2D eigenvalue weighted by Gasteiger charge is -2.36. The molecule has 0 N–H and O–H groups in total. The third-order valence-electron chi connectivity index (χ3n) is 5.06. The van der Waals surface area contributed by atoms with E-state index in [9.17, 15) is 4.79 Å². The SMILES string of the molecule is COc1ccc(N2CCN(C(=O)CSC3CCCCC3)CC2)cc1. The normalized spacial score (nSPS) is 19.4. The van der Waals surface area contributed by atoms with Gasteiger partial charge in [-0.05, 0) is 37.1 Å².